The number of benzene rings is 12. The van der Waals surface area contributed by atoms with E-state index in [9.17, 15) is 0 Å². The zero-order chi connectivity index (χ0) is 50.2. The standard InChI is InChI=1S/C73H48N2O/c1-3-16-54(17-4-1)73(55-18-5-2-6-19-55)67-26-11-7-20-61(67)66-48-53(38-47-68(66)73)51-34-41-57(42-35-51)74(58-45-36-52(37-46-58)60-24-15-25-65-64-23-10-14-29-71(64)76-72(60)65)56-39-30-49(31-40-56)50-32-43-59(44-33-50)75-69-27-12-8-21-62(69)63-22-9-13-28-70(63)75/h1-48H. The van der Waals surface area contributed by atoms with Crippen molar-refractivity contribution in [1.82, 2.24) is 4.57 Å². The first-order chi connectivity index (χ1) is 37.7. The summed E-state index contributed by atoms with van der Waals surface area (Å²) in [6.07, 6.45) is 0. The van der Waals surface area contributed by atoms with E-state index in [-0.39, 0.29) is 0 Å². The molecule has 2 heterocycles. The summed E-state index contributed by atoms with van der Waals surface area (Å²) >= 11 is 0. The van der Waals surface area contributed by atoms with Crippen LogP contribution in [0.4, 0.5) is 17.1 Å². The van der Waals surface area contributed by atoms with Gasteiger partial charge in [0.1, 0.15) is 11.2 Å². The van der Waals surface area contributed by atoms with Gasteiger partial charge in [0, 0.05) is 49.9 Å². The predicted molar refractivity (Wildman–Crippen MR) is 316 cm³/mol. The van der Waals surface area contributed by atoms with Crippen LogP contribution in [0.2, 0.25) is 0 Å². The van der Waals surface area contributed by atoms with E-state index in [4.69, 9.17) is 4.42 Å². The summed E-state index contributed by atoms with van der Waals surface area (Å²) < 4.78 is 8.86. The molecular formula is C73H48N2O. The van der Waals surface area contributed by atoms with Crippen LogP contribution in [-0.4, -0.2) is 4.57 Å². The smallest absolute Gasteiger partial charge is 0.143 e. The van der Waals surface area contributed by atoms with Crippen molar-refractivity contribution in [3.8, 4) is 50.2 Å². The summed E-state index contributed by atoms with van der Waals surface area (Å²) in [5, 5.41) is 4.78. The third-order valence-electron chi connectivity index (χ3n) is 15.9. The molecule has 14 aromatic rings. The highest BCUT2D eigenvalue weighted by Crippen LogP contribution is 2.57. The highest BCUT2D eigenvalue weighted by atomic mass is 16.3. The van der Waals surface area contributed by atoms with Gasteiger partial charge in [-0.1, -0.05) is 218 Å². The highest BCUT2D eigenvalue weighted by Gasteiger charge is 2.46. The third kappa shape index (κ3) is 6.83. The Morgan fingerprint density at radius 2 is 0.750 bits per heavy atom. The van der Waals surface area contributed by atoms with E-state index >= 15 is 0 Å². The van der Waals surface area contributed by atoms with Crippen LogP contribution in [0.25, 0.3) is 93.9 Å². The molecule has 1 aliphatic carbocycles. The average Bonchev–Trinajstić information content (AvgIpc) is 4.26. The van der Waals surface area contributed by atoms with Crippen LogP contribution < -0.4 is 4.90 Å². The molecule has 0 aliphatic heterocycles. The van der Waals surface area contributed by atoms with Gasteiger partial charge >= 0.3 is 0 Å². The first kappa shape index (κ1) is 43.6. The van der Waals surface area contributed by atoms with Gasteiger partial charge < -0.3 is 13.9 Å². The number of rotatable bonds is 9. The topological polar surface area (TPSA) is 21.3 Å². The second-order valence-electron chi connectivity index (χ2n) is 20.0. The maximum atomic E-state index is 6.49. The van der Waals surface area contributed by atoms with Crippen LogP contribution in [-0.2, 0) is 5.41 Å². The molecule has 12 aromatic carbocycles. The number of anilines is 3. The Morgan fingerprint density at radius 1 is 0.303 bits per heavy atom. The minimum Gasteiger partial charge on any atom is -0.455 e. The molecule has 356 valence electrons. The Morgan fingerprint density at radius 3 is 1.37 bits per heavy atom. The molecule has 0 spiro atoms. The van der Waals surface area contributed by atoms with Gasteiger partial charge in [-0.25, -0.2) is 0 Å². The quantitative estimate of drug-likeness (QED) is 0.144. The SMILES string of the molecule is c1ccc(C2(c3ccccc3)c3ccccc3-c3cc(-c4ccc(N(c5ccc(-c6ccc(-n7c8ccccc8c8ccccc87)cc6)cc5)c5ccc(-c6cccc7c6oc6ccccc67)cc5)cc4)ccc32)cc1. The van der Waals surface area contributed by atoms with Crippen LogP contribution in [0.5, 0.6) is 0 Å². The van der Waals surface area contributed by atoms with Crippen molar-refractivity contribution >= 4 is 60.8 Å². The summed E-state index contributed by atoms with van der Waals surface area (Å²) in [4.78, 5) is 2.36. The first-order valence-electron chi connectivity index (χ1n) is 26.1. The van der Waals surface area contributed by atoms with E-state index in [0.29, 0.717) is 0 Å². The molecule has 0 radical (unpaired) electrons. The van der Waals surface area contributed by atoms with E-state index in [0.717, 1.165) is 72.5 Å². The van der Waals surface area contributed by atoms with Crippen molar-refractivity contribution in [1.29, 1.82) is 0 Å². The monoisotopic (exact) mass is 968 g/mol. The fraction of sp³-hybridized carbons (Fsp3) is 0.0137. The first-order valence-corrected chi connectivity index (χ1v) is 26.1. The van der Waals surface area contributed by atoms with E-state index in [1.807, 2.05) is 12.1 Å². The number of para-hydroxylation sites is 4. The van der Waals surface area contributed by atoms with E-state index in [1.165, 1.54) is 60.8 Å². The van der Waals surface area contributed by atoms with Gasteiger partial charge in [-0.15, -0.1) is 0 Å². The third-order valence-corrected chi connectivity index (χ3v) is 15.9. The van der Waals surface area contributed by atoms with Gasteiger partial charge in [0.15, 0.2) is 0 Å². The maximum Gasteiger partial charge on any atom is 0.143 e. The lowest BCUT2D eigenvalue weighted by molar-refractivity contribution is 0.670. The molecule has 0 amide bonds. The number of aromatic nitrogens is 1. The zero-order valence-corrected chi connectivity index (χ0v) is 41.5. The van der Waals surface area contributed by atoms with Crippen molar-refractivity contribution in [2.24, 2.45) is 0 Å². The van der Waals surface area contributed by atoms with Gasteiger partial charge in [-0.2, -0.15) is 0 Å². The predicted octanol–water partition coefficient (Wildman–Crippen LogP) is 19.5. The highest BCUT2D eigenvalue weighted by molar-refractivity contribution is 6.10. The zero-order valence-electron chi connectivity index (χ0n) is 41.5. The molecule has 0 unspecified atom stereocenters. The molecule has 0 atom stereocenters. The van der Waals surface area contributed by atoms with Crippen LogP contribution in [0.1, 0.15) is 22.3 Å². The summed E-state index contributed by atoms with van der Waals surface area (Å²) in [6, 6.07) is 106. The van der Waals surface area contributed by atoms with Gasteiger partial charge in [0.2, 0.25) is 0 Å². The van der Waals surface area contributed by atoms with E-state index < -0.39 is 5.41 Å². The summed E-state index contributed by atoms with van der Waals surface area (Å²) in [7, 11) is 0. The van der Waals surface area contributed by atoms with E-state index in [1.54, 1.807) is 0 Å². The molecular weight excluding hydrogens is 921 g/mol. The fourth-order valence-corrected chi connectivity index (χ4v) is 12.5. The van der Waals surface area contributed by atoms with Gasteiger partial charge in [0.05, 0.1) is 16.4 Å². The lowest BCUT2D eigenvalue weighted by Gasteiger charge is -2.33. The molecule has 2 aromatic heterocycles. The van der Waals surface area contributed by atoms with Crippen molar-refractivity contribution < 1.29 is 4.42 Å². The van der Waals surface area contributed by atoms with Gasteiger partial charge in [-0.05, 0) is 134 Å². The molecule has 0 fully saturated rings. The second-order valence-corrected chi connectivity index (χ2v) is 20.0. The van der Waals surface area contributed by atoms with Crippen LogP contribution in [0.3, 0.4) is 0 Å². The summed E-state index contributed by atoms with van der Waals surface area (Å²) in [5.41, 5.74) is 22.7. The molecule has 0 N–H and O–H groups in total. The van der Waals surface area contributed by atoms with Crippen molar-refractivity contribution in [2.45, 2.75) is 5.41 Å². The summed E-state index contributed by atoms with van der Waals surface area (Å²) in [6.45, 7) is 0. The largest absolute Gasteiger partial charge is 0.455 e. The molecule has 1 aliphatic rings. The van der Waals surface area contributed by atoms with Crippen LogP contribution in [0, 0.1) is 0 Å². The van der Waals surface area contributed by atoms with E-state index in [2.05, 4.69) is 289 Å². The minimum atomic E-state index is -0.433. The second kappa shape index (κ2) is 17.6. The molecule has 3 heteroatoms. The van der Waals surface area contributed by atoms with Crippen molar-refractivity contribution in [2.75, 3.05) is 4.90 Å². The lowest BCUT2D eigenvalue weighted by atomic mass is 9.67. The molecule has 0 saturated heterocycles. The maximum absolute atomic E-state index is 6.49. The molecule has 15 rings (SSSR count). The van der Waals surface area contributed by atoms with Crippen molar-refractivity contribution in [3.05, 3.63) is 313 Å². The minimum absolute atomic E-state index is 0.433. The molecule has 0 saturated carbocycles. The van der Waals surface area contributed by atoms with Gasteiger partial charge in [-0.3, -0.25) is 0 Å². The fourth-order valence-electron chi connectivity index (χ4n) is 12.5. The Hall–Kier alpha value is -9.96. The Balaban J connectivity index is 0.801. The Bertz CT molecular complexity index is 4380. The molecule has 3 nitrogen and oxygen atoms in total. The Kier molecular flexibility index (Phi) is 10.1. The van der Waals surface area contributed by atoms with Crippen molar-refractivity contribution in [3.63, 3.8) is 0 Å². The summed E-state index contributed by atoms with van der Waals surface area (Å²) in [5.74, 6) is 0. The number of hydrogen-bond acceptors (Lipinski definition) is 2. The van der Waals surface area contributed by atoms with Crippen LogP contribution >= 0.6 is 0 Å². The average molecular weight is 969 g/mol. The lowest BCUT2D eigenvalue weighted by Crippen LogP contribution is -2.28. The number of hydrogen-bond donors (Lipinski definition) is 0. The number of nitrogens with zero attached hydrogens (tertiary/aromatic N) is 2. The molecule has 76 heavy (non-hydrogen) atoms. The Labute approximate surface area is 441 Å². The normalized spacial score (nSPS) is 12.6. The van der Waals surface area contributed by atoms with Gasteiger partial charge in [0.25, 0.3) is 0 Å². The van der Waals surface area contributed by atoms with Crippen LogP contribution in [0.15, 0.2) is 296 Å². The number of furan rings is 1. The molecule has 0 bridgehead atoms. The number of fused-ring (bicyclic) bond motifs is 9.